The van der Waals surface area contributed by atoms with Gasteiger partial charge in [-0.2, -0.15) is 0 Å². The molecule has 370 valence electrons. The third-order valence-electron chi connectivity index (χ3n) is 10.3. The summed E-state index contributed by atoms with van der Waals surface area (Å²) in [5.41, 5.74) is 7.50. The summed E-state index contributed by atoms with van der Waals surface area (Å²) < 4.78 is 0. The minimum Gasteiger partial charge on any atom is -0.508 e. The van der Waals surface area contributed by atoms with Crippen LogP contribution in [0.4, 0.5) is 4.79 Å². The van der Waals surface area contributed by atoms with E-state index in [9.17, 15) is 73.8 Å². The average Bonchev–Trinajstić information content (AvgIpc) is 3.24. The van der Waals surface area contributed by atoms with Gasteiger partial charge in [-0.25, -0.2) is 14.4 Å². The highest BCUT2D eigenvalue weighted by atomic mass is 16.4. The molecule has 0 aliphatic carbocycles. The van der Waals surface area contributed by atoms with Crippen LogP contribution in [0.5, 0.6) is 11.5 Å². The summed E-state index contributed by atoms with van der Waals surface area (Å²) >= 11 is 0. The van der Waals surface area contributed by atoms with E-state index in [1.54, 1.807) is 24.3 Å². The second-order valence-corrected chi connectivity index (χ2v) is 15.9. The summed E-state index contributed by atoms with van der Waals surface area (Å²) in [5, 5.41) is 77.4. The number of nitrogens with one attached hydrogen (secondary N) is 4. The van der Waals surface area contributed by atoms with Crippen LogP contribution in [0.2, 0.25) is 0 Å². The SMILES string of the molecule is NC(=O)CCc1ccc(O)c(CN(CCN(CC(=O)O)Cc2cc(CCC(=O)NCCCCCC(=O)NCCCC[C@H](NC(=O)N[C@@H](CCC(=O)O)C(=O)O)C(=O)O)ccc2O)CC(=O)O)c1. The summed E-state index contributed by atoms with van der Waals surface area (Å²) in [6.07, 6.45) is 2.72. The number of carboxylic acids is 5. The molecule has 0 bridgehead atoms. The van der Waals surface area contributed by atoms with Crippen LogP contribution in [0.25, 0.3) is 0 Å². The maximum Gasteiger partial charge on any atom is 0.326 e. The lowest BCUT2D eigenvalue weighted by Gasteiger charge is -2.26. The molecule has 5 amide bonds. The highest BCUT2D eigenvalue weighted by molar-refractivity contribution is 5.86. The molecule has 2 atom stereocenters. The van der Waals surface area contributed by atoms with Crippen molar-refractivity contribution in [2.45, 2.75) is 109 Å². The van der Waals surface area contributed by atoms with Crippen molar-refractivity contribution < 1.29 is 78.9 Å². The number of amides is 5. The van der Waals surface area contributed by atoms with Crippen LogP contribution in [-0.2, 0) is 64.3 Å². The molecule has 2 aromatic rings. The first kappa shape index (κ1) is 56.1. The summed E-state index contributed by atoms with van der Waals surface area (Å²) in [6, 6.07) is 5.59. The molecule has 2 rings (SSSR count). The quantitative estimate of drug-likeness (QED) is 0.0428. The van der Waals surface area contributed by atoms with Gasteiger partial charge in [0.2, 0.25) is 17.7 Å². The monoisotopic (exact) mass is 945 g/mol. The van der Waals surface area contributed by atoms with Gasteiger partial charge in [-0.15, -0.1) is 0 Å². The van der Waals surface area contributed by atoms with E-state index in [4.69, 9.17) is 10.8 Å². The molecule has 2 aromatic carbocycles. The molecule has 0 aliphatic rings. The number of hydrogen-bond acceptors (Lipinski definition) is 13. The summed E-state index contributed by atoms with van der Waals surface area (Å²) in [6.45, 7) is -0.0210. The van der Waals surface area contributed by atoms with Crippen LogP contribution in [0.3, 0.4) is 0 Å². The highest BCUT2D eigenvalue weighted by Gasteiger charge is 2.25. The standard InChI is InChI=1S/C44H63N7O16/c45-36(54)15-10-28-8-13-34(52)30(22-28)24-50(26-40(59)60)20-21-51(27-41(61)62)25-31-23-29(9-14-35(31)53)11-16-38(56)47-18-4-1-2-7-37(55)46-19-5-3-6-32(42(63)64)48-44(67)49-33(43(65)66)12-17-39(57)58/h8-9,13-14,22-23,32-33,52-53H,1-7,10-12,15-21,24-27H2,(H2,45,54)(H,46,55)(H,47,56)(H,57,58)(H,59,60)(H,61,62)(H,63,64)(H,65,66)(H2,48,49,67)/t32-,33-/m0/s1. The predicted molar refractivity (Wildman–Crippen MR) is 238 cm³/mol. The van der Waals surface area contributed by atoms with E-state index in [1.807, 2.05) is 0 Å². The fourth-order valence-electron chi connectivity index (χ4n) is 6.78. The number of aliphatic carboxylic acids is 5. The fourth-order valence-corrected chi connectivity index (χ4v) is 6.78. The molecule has 0 saturated carbocycles. The van der Waals surface area contributed by atoms with Gasteiger partial charge in [0, 0.05) is 76.1 Å². The zero-order chi connectivity index (χ0) is 49.9. The third-order valence-corrected chi connectivity index (χ3v) is 10.3. The van der Waals surface area contributed by atoms with Crippen LogP contribution in [-0.4, -0.2) is 150 Å². The Kier molecular flexibility index (Phi) is 25.3. The highest BCUT2D eigenvalue weighted by Crippen LogP contribution is 2.23. The minimum atomic E-state index is -1.52. The van der Waals surface area contributed by atoms with Crippen molar-refractivity contribution in [3.05, 3.63) is 58.7 Å². The first-order chi connectivity index (χ1) is 31.7. The van der Waals surface area contributed by atoms with Crippen molar-refractivity contribution in [3.8, 4) is 11.5 Å². The molecule has 23 heteroatoms. The lowest BCUT2D eigenvalue weighted by molar-refractivity contribution is -0.141. The van der Waals surface area contributed by atoms with Gasteiger partial charge in [0.05, 0.1) is 13.1 Å². The molecule has 67 heavy (non-hydrogen) atoms. The number of phenols is 2. The molecule has 0 fully saturated rings. The van der Waals surface area contributed by atoms with Gasteiger partial charge >= 0.3 is 35.9 Å². The smallest absolute Gasteiger partial charge is 0.326 e. The molecule has 0 aromatic heterocycles. The van der Waals surface area contributed by atoms with Crippen LogP contribution in [0, 0.1) is 0 Å². The number of nitrogens with zero attached hydrogens (tertiary/aromatic N) is 2. The lowest BCUT2D eigenvalue weighted by Crippen LogP contribution is -2.51. The number of aromatic hydroxyl groups is 2. The Bertz CT molecular complexity index is 2020. The van der Waals surface area contributed by atoms with Crippen LogP contribution in [0.1, 0.15) is 92.9 Å². The Morgan fingerprint density at radius 3 is 1.46 bits per heavy atom. The Morgan fingerprint density at radius 1 is 0.537 bits per heavy atom. The molecule has 0 aliphatic heterocycles. The maximum absolute atomic E-state index is 12.6. The van der Waals surface area contributed by atoms with E-state index < -0.39 is 73.4 Å². The second-order valence-electron chi connectivity index (χ2n) is 15.9. The number of carbonyl (C=O) groups excluding carboxylic acids is 4. The number of primary amides is 1. The van der Waals surface area contributed by atoms with E-state index in [1.165, 1.54) is 21.9 Å². The first-order valence-corrected chi connectivity index (χ1v) is 21.8. The van der Waals surface area contributed by atoms with E-state index in [2.05, 4.69) is 21.3 Å². The van der Waals surface area contributed by atoms with Crippen molar-refractivity contribution in [2.75, 3.05) is 39.3 Å². The molecular weight excluding hydrogens is 883 g/mol. The van der Waals surface area contributed by atoms with Gasteiger partial charge in [-0.05, 0) is 74.6 Å². The molecule has 0 radical (unpaired) electrons. The number of urea groups is 1. The van der Waals surface area contributed by atoms with Crippen LogP contribution < -0.4 is 27.0 Å². The van der Waals surface area contributed by atoms with Gasteiger partial charge in [-0.1, -0.05) is 30.7 Å². The third kappa shape index (κ3) is 24.7. The molecule has 0 spiro atoms. The van der Waals surface area contributed by atoms with Crippen molar-refractivity contribution in [1.29, 1.82) is 0 Å². The number of phenolic OH excluding ortho intramolecular Hbond substituents is 2. The summed E-state index contributed by atoms with van der Waals surface area (Å²) in [5.74, 6) is -7.44. The van der Waals surface area contributed by atoms with Crippen molar-refractivity contribution in [1.82, 2.24) is 31.1 Å². The van der Waals surface area contributed by atoms with Crippen molar-refractivity contribution in [2.24, 2.45) is 5.73 Å². The number of carboxylic acid groups (broad SMARTS) is 5. The van der Waals surface area contributed by atoms with Crippen molar-refractivity contribution in [3.63, 3.8) is 0 Å². The van der Waals surface area contributed by atoms with Gasteiger partial charge < -0.3 is 62.7 Å². The molecule has 13 N–H and O–H groups in total. The molecular formula is C44H63N7O16. The van der Waals surface area contributed by atoms with Gasteiger partial charge in [0.25, 0.3) is 0 Å². The lowest BCUT2D eigenvalue weighted by atomic mass is 10.0. The largest absolute Gasteiger partial charge is 0.508 e. The second kappa shape index (κ2) is 30.2. The number of nitrogens with two attached hydrogens (primary N) is 1. The molecule has 23 nitrogen and oxygen atoms in total. The number of aryl methyl sites for hydroxylation is 2. The zero-order valence-corrected chi connectivity index (χ0v) is 37.2. The number of unbranched alkanes of at least 4 members (excludes halogenated alkanes) is 3. The number of rotatable bonds is 35. The van der Waals surface area contributed by atoms with Crippen LogP contribution >= 0.6 is 0 Å². The number of benzene rings is 2. The average molecular weight is 946 g/mol. The molecule has 0 heterocycles. The minimum absolute atomic E-state index is 0.00280. The zero-order valence-electron chi connectivity index (χ0n) is 37.2. The summed E-state index contributed by atoms with van der Waals surface area (Å²) in [7, 11) is 0. The number of hydrogen-bond donors (Lipinski definition) is 12. The van der Waals surface area contributed by atoms with Crippen LogP contribution in [0.15, 0.2) is 36.4 Å². The molecule has 0 unspecified atom stereocenters. The van der Waals surface area contributed by atoms with Gasteiger partial charge in [0.15, 0.2) is 0 Å². The Hall–Kier alpha value is -7.01. The Morgan fingerprint density at radius 2 is 1.00 bits per heavy atom. The van der Waals surface area contributed by atoms with E-state index >= 15 is 0 Å². The summed E-state index contributed by atoms with van der Waals surface area (Å²) in [4.78, 5) is 108. The number of carbonyl (C=O) groups is 9. The van der Waals surface area contributed by atoms with Gasteiger partial charge in [0.1, 0.15) is 23.6 Å². The Labute approximate surface area is 386 Å². The maximum atomic E-state index is 12.6. The van der Waals surface area contributed by atoms with E-state index in [0.29, 0.717) is 68.2 Å². The first-order valence-electron chi connectivity index (χ1n) is 21.8. The topological polar surface area (TPSA) is 376 Å². The predicted octanol–water partition coefficient (Wildman–Crippen LogP) is 0.955. The van der Waals surface area contributed by atoms with Gasteiger partial charge in [-0.3, -0.25) is 38.6 Å². The molecule has 0 saturated heterocycles. The van der Waals surface area contributed by atoms with E-state index in [-0.39, 0.29) is 88.1 Å². The van der Waals surface area contributed by atoms with Crippen molar-refractivity contribution >= 4 is 53.6 Å². The fraction of sp³-hybridized carbons (Fsp3) is 0.523. The normalized spacial score (nSPS) is 11.9. The Balaban J connectivity index is 1.75. The van der Waals surface area contributed by atoms with E-state index in [0.717, 1.165) is 5.56 Å².